The Kier molecular flexibility index (Phi) is 23.7. The first kappa shape index (κ1) is 66.3. The summed E-state index contributed by atoms with van der Waals surface area (Å²) in [6, 6.07) is 55.1. The first-order valence-electron chi connectivity index (χ1n) is 30.3. The lowest BCUT2D eigenvalue weighted by molar-refractivity contribution is 0.0254. The number of hydrogen-bond donors (Lipinski definition) is 5. The molecule has 1 aliphatic heterocycles. The summed E-state index contributed by atoms with van der Waals surface area (Å²) in [6.07, 6.45) is 4.11. The topological polar surface area (TPSA) is 159 Å². The molecular weight excluding hydrogens is 1160 g/mol. The highest BCUT2D eigenvalue weighted by molar-refractivity contribution is 6.13. The third kappa shape index (κ3) is 17.9. The molecule has 1 fully saturated rings. The van der Waals surface area contributed by atoms with Gasteiger partial charge < -0.3 is 40.4 Å². The Morgan fingerprint density at radius 1 is 0.462 bits per heavy atom. The molecule has 12 nitrogen and oxygen atoms in total. The molecule has 5 N–H and O–H groups in total. The Bertz CT molecular complexity index is 3830. The Balaban J connectivity index is 0.000000143. The molecule has 0 aromatic heterocycles. The first-order chi connectivity index (χ1) is 44.2. The van der Waals surface area contributed by atoms with Gasteiger partial charge in [0.2, 0.25) is 0 Å². The van der Waals surface area contributed by atoms with E-state index in [2.05, 4.69) is 56.8 Å². The zero-order chi connectivity index (χ0) is 64.2. The van der Waals surface area contributed by atoms with Crippen LogP contribution in [0.3, 0.4) is 0 Å². The van der Waals surface area contributed by atoms with Gasteiger partial charge in [-0.15, -0.1) is 0 Å². The fraction of sp³-hybridized carbons (Fsp3) is 0.240. The van der Waals surface area contributed by atoms with E-state index in [0.29, 0.717) is 22.5 Å². The van der Waals surface area contributed by atoms with Crippen molar-refractivity contribution in [3.63, 3.8) is 0 Å². The number of rotatable bonds is 12. The van der Waals surface area contributed by atoms with Crippen LogP contribution in [0.25, 0.3) is 0 Å². The number of benzene rings is 9. The Morgan fingerprint density at radius 3 is 1.21 bits per heavy atom. The SMILES string of the molecule is COCCN1CCOCC1.COC[C@@H](O)CO.Cc1ccccc1Nc1ccc2c(c1)CCc1ccccc1C2=O.O=C1c2ccccc2CCc2cc(Nc3ccc(F)cc3F)ccc21.O=C1c2ccccc2CCc2cc(Nc3ccc(F)cc3F)ccc21. The van der Waals surface area contributed by atoms with Crippen molar-refractivity contribution in [2.45, 2.75) is 51.6 Å². The number of ketones is 3. The second kappa shape index (κ2) is 32.6. The predicted molar refractivity (Wildman–Crippen MR) is 349 cm³/mol. The summed E-state index contributed by atoms with van der Waals surface area (Å²) in [4.78, 5) is 40.7. The summed E-state index contributed by atoms with van der Waals surface area (Å²) in [6.45, 7) is 7.82. The number of aliphatic hydroxyl groups is 2. The average Bonchev–Trinajstić information content (AvgIpc) is 2.80. The number of aryl methyl sites for hydroxylation is 7. The minimum Gasteiger partial charge on any atom is -0.394 e. The molecule has 0 bridgehead atoms. The van der Waals surface area contributed by atoms with E-state index in [1.165, 1.54) is 36.9 Å². The van der Waals surface area contributed by atoms with Crippen LogP contribution in [0.5, 0.6) is 0 Å². The lowest BCUT2D eigenvalue weighted by atomic mass is 9.98. The van der Waals surface area contributed by atoms with Gasteiger partial charge in [-0.3, -0.25) is 19.3 Å². The summed E-state index contributed by atoms with van der Waals surface area (Å²) in [7, 11) is 3.21. The van der Waals surface area contributed by atoms with Gasteiger partial charge in [-0.25, -0.2) is 17.6 Å². The number of hydrogen-bond acceptors (Lipinski definition) is 12. The Hall–Kier alpha value is -9.13. The fourth-order valence-corrected chi connectivity index (χ4v) is 11.1. The second-order valence-corrected chi connectivity index (χ2v) is 22.3. The summed E-state index contributed by atoms with van der Waals surface area (Å²) in [5, 5.41) is 26.0. The smallest absolute Gasteiger partial charge is 0.193 e. The number of anilines is 6. The van der Waals surface area contributed by atoms with Gasteiger partial charge in [0, 0.05) is 102 Å². The van der Waals surface area contributed by atoms with Crippen molar-refractivity contribution in [3.05, 3.63) is 284 Å². The van der Waals surface area contributed by atoms with Crippen LogP contribution in [-0.4, -0.2) is 105 Å². The van der Waals surface area contributed by atoms with Gasteiger partial charge in [0.25, 0.3) is 0 Å². The van der Waals surface area contributed by atoms with Crippen LogP contribution in [0, 0.1) is 30.2 Å². The van der Waals surface area contributed by atoms with E-state index in [1.807, 2.05) is 103 Å². The van der Waals surface area contributed by atoms with E-state index in [0.717, 1.165) is 157 Å². The maximum Gasteiger partial charge on any atom is 0.193 e. The average molecular weight is 1240 g/mol. The summed E-state index contributed by atoms with van der Waals surface area (Å²) < 4.78 is 68.3. The molecule has 91 heavy (non-hydrogen) atoms. The molecule has 0 amide bonds. The molecule has 0 radical (unpaired) electrons. The third-order valence-electron chi connectivity index (χ3n) is 16.0. The number of halogens is 4. The zero-order valence-corrected chi connectivity index (χ0v) is 51.2. The number of nitrogens with zero attached hydrogens (tertiary/aromatic N) is 1. The molecule has 9 aromatic rings. The van der Waals surface area contributed by atoms with E-state index in [-0.39, 0.29) is 41.9 Å². The first-order valence-corrected chi connectivity index (χ1v) is 30.3. The lowest BCUT2D eigenvalue weighted by Gasteiger charge is -2.25. The fourth-order valence-electron chi connectivity index (χ4n) is 11.1. The van der Waals surface area contributed by atoms with Crippen molar-refractivity contribution in [2.24, 2.45) is 0 Å². The highest BCUT2D eigenvalue weighted by atomic mass is 19.1. The number of ether oxygens (including phenoxy) is 3. The number of aliphatic hydroxyl groups excluding tert-OH is 2. The van der Waals surface area contributed by atoms with Crippen LogP contribution in [0.1, 0.15) is 86.7 Å². The summed E-state index contributed by atoms with van der Waals surface area (Å²) >= 11 is 0. The lowest BCUT2D eigenvalue weighted by Crippen LogP contribution is -2.38. The number of carbonyl (C=O) groups is 3. The monoisotopic (exact) mass is 1230 g/mol. The molecule has 0 spiro atoms. The van der Waals surface area contributed by atoms with Gasteiger partial charge in [-0.05, 0) is 169 Å². The molecule has 1 saturated heterocycles. The third-order valence-corrected chi connectivity index (χ3v) is 16.0. The van der Waals surface area contributed by atoms with Crippen LogP contribution in [0.4, 0.5) is 51.7 Å². The highest BCUT2D eigenvalue weighted by Crippen LogP contribution is 2.32. The predicted octanol–water partition coefficient (Wildman–Crippen LogP) is 14.1. The van der Waals surface area contributed by atoms with Gasteiger partial charge in [-0.1, -0.05) is 91.0 Å². The summed E-state index contributed by atoms with van der Waals surface area (Å²) in [5.41, 5.74) is 15.8. The molecule has 1 heterocycles. The second-order valence-electron chi connectivity index (χ2n) is 22.3. The molecule has 0 saturated carbocycles. The van der Waals surface area contributed by atoms with Crippen LogP contribution in [-0.2, 0) is 52.7 Å². The Labute approximate surface area is 528 Å². The molecule has 470 valence electrons. The van der Waals surface area contributed by atoms with Crippen molar-refractivity contribution >= 4 is 51.5 Å². The zero-order valence-electron chi connectivity index (χ0n) is 51.2. The van der Waals surface area contributed by atoms with Gasteiger partial charge in [-0.2, -0.15) is 0 Å². The largest absolute Gasteiger partial charge is 0.394 e. The molecule has 16 heteroatoms. The molecule has 4 aliphatic rings. The normalized spacial score (nSPS) is 14.0. The van der Waals surface area contributed by atoms with Crippen molar-refractivity contribution < 1.29 is 56.4 Å². The van der Waals surface area contributed by atoms with Gasteiger partial charge in [0.05, 0.1) is 44.4 Å². The minimum atomic E-state index is -0.718. The molecular formula is C75H74F4N4O8. The maximum atomic E-state index is 13.8. The number of nitrogens with one attached hydrogen (secondary N) is 3. The Morgan fingerprint density at radius 2 is 0.835 bits per heavy atom. The van der Waals surface area contributed by atoms with Crippen LogP contribution >= 0.6 is 0 Å². The minimum absolute atomic E-state index is 0.0163. The van der Waals surface area contributed by atoms with Crippen molar-refractivity contribution in [1.82, 2.24) is 4.90 Å². The molecule has 1 atom stereocenters. The van der Waals surface area contributed by atoms with Gasteiger partial charge in [0.15, 0.2) is 17.3 Å². The summed E-state index contributed by atoms with van der Waals surface area (Å²) in [5.74, 6) is -2.37. The van der Waals surface area contributed by atoms with Crippen LogP contribution in [0.15, 0.2) is 188 Å². The number of fused-ring (bicyclic) bond motifs is 6. The van der Waals surface area contributed by atoms with Gasteiger partial charge in [0.1, 0.15) is 29.4 Å². The van der Waals surface area contributed by atoms with Crippen molar-refractivity contribution in [1.29, 1.82) is 0 Å². The van der Waals surface area contributed by atoms with Crippen LogP contribution < -0.4 is 16.0 Å². The van der Waals surface area contributed by atoms with E-state index in [4.69, 9.17) is 19.7 Å². The molecule has 13 rings (SSSR count). The van der Waals surface area contributed by atoms with Crippen LogP contribution in [0.2, 0.25) is 0 Å². The van der Waals surface area contributed by atoms with Crippen molar-refractivity contribution in [2.75, 3.05) is 82.8 Å². The molecule has 0 unspecified atom stereocenters. The van der Waals surface area contributed by atoms with E-state index in [1.54, 1.807) is 31.4 Å². The number of carbonyl (C=O) groups excluding carboxylic acids is 3. The standard InChI is InChI=1S/C22H19NO.2C21H15F2NO.C7H15NO2.C4H10O3/c1-15-6-2-5-9-21(15)23-18-12-13-20-17(14-18)11-10-16-7-3-4-8-19(16)22(20)24;2*22-15-7-10-20(19(23)12-15)24-16-8-9-18-14(11-16)6-5-13-3-1-2-4-17(13)21(18)25;1-9-5-2-8-3-6-10-7-4-8;1-7-3-4(6)2-5/h2-9,12-14,23H,10-11H2,1H3;2*1-4,7-12,24H,5-6H2;2-7H2,1H3;4-6H,2-3H2,1H3/t;;;;4-/m....0/s1. The van der Waals surface area contributed by atoms with E-state index >= 15 is 0 Å². The van der Waals surface area contributed by atoms with E-state index < -0.39 is 29.4 Å². The van der Waals surface area contributed by atoms with E-state index in [9.17, 15) is 31.9 Å². The number of para-hydroxylation sites is 1. The molecule has 9 aromatic carbocycles. The quantitative estimate of drug-likeness (QED) is 0.0739. The van der Waals surface area contributed by atoms with Gasteiger partial charge >= 0.3 is 0 Å². The van der Waals surface area contributed by atoms with Crippen molar-refractivity contribution in [3.8, 4) is 0 Å². The number of morpholine rings is 1. The maximum absolute atomic E-state index is 13.8. The highest BCUT2D eigenvalue weighted by Gasteiger charge is 2.24. The molecule has 3 aliphatic carbocycles. The number of methoxy groups -OCH3 is 2.